The Bertz CT molecular complexity index is 844. The average Bonchev–Trinajstić information content (AvgIpc) is 2.66. The number of hydrogen-bond acceptors (Lipinski definition) is 4. The second-order valence-corrected chi connectivity index (χ2v) is 7.16. The molecule has 144 valence electrons. The van der Waals surface area contributed by atoms with Crippen molar-refractivity contribution in [1.29, 1.82) is 0 Å². The Kier molecular flexibility index (Phi) is 5.59. The van der Waals surface area contributed by atoms with E-state index in [1.165, 1.54) is 0 Å². The minimum Gasteiger partial charge on any atom is -0.496 e. The zero-order valence-corrected chi connectivity index (χ0v) is 16.6. The molecule has 1 aliphatic rings. The van der Waals surface area contributed by atoms with Crippen LogP contribution in [-0.2, 0) is 0 Å². The Morgan fingerprint density at radius 1 is 1.04 bits per heavy atom. The molecule has 3 rings (SSSR count). The number of carbonyl (C=O) groups excluding carboxylic acids is 1. The minimum absolute atomic E-state index is 0.130. The number of benzene rings is 2. The van der Waals surface area contributed by atoms with Crippen molar-refractivity contribution in [2.75, 3.05) is 20.3 Å². The normalized spacial score (nSPS) is 14.0. The molecular weight excluding hydrogens is 342 g/mol. The van der Waals surface area contributed by atoms with Gasteiger partial charge in [-0.25, -0.2) is 0 Å². The van der Waals surface area contributed by atoms with Crippen molar-refractivity contribution in [3.63, 3.8) is 0 Å². The van der Waals surface area contributed by atoms with Crippen LogP contribution in [0, 0.1) is 6.92 Å². The highest BCUT2D eigenvalue weighted by Crippen LogP contribution is 2.33. The van der Waals surface area contributed by atoms with Crippen LogP contribution in [0.2, 0.25) is 0 Å². The lowest BCUT2D eigenvalue weighted by Crippen LogP contribution is -2.27. The molecule has 1 atom stereocenters. The van der Waals surface area contributed by atoms with Crippen molar-refractivity contribution < 1.29 is 19.0 Å². The van der Waals surface area contributed by atoms with Crippen molar-refractivity contribution in [3.05, 3.63) is 52.6 Å². The molecule has 1 aliphatic heterocycles. The van der Waals surface area contributed by atoms with E-state index in [0.717, 1.165) is 22.4 Å². The summed E-state index contributed by atoms with van der Waals surface area (Å²) in [5, 5.41) is 3.09. The number of carbonyl (C=O) groups is 1. The van der Waals surface area contributed by atoms with Crippen molar-refractivity contribution >= 4 is 5.91 Å². The summed E-state index contributed by atoms with van der Waals surface area (Å²) in [5.74, 6) is 2.38. The Morgan fingerprint density at radius 3 is 2.41 bits per heavy atom. The van der Waals surface area contributed by atoms with Gasteiger partial charge in [0.1, 0.15) is 19.0 Å². The summed E-state index contributed by atoms with van der Waals surface area (Å²) < 4.78 is 16.6. The summed E-state index contributed by atoms with van der Waals surface area (Å²) in [6.45, 7) is 9.33. The molecule has 0 bridgehead atoms. The van der Waals surface area contributed by atoms with Gasteiger partial charge in [0.2, 0.25) is 0 Å². The third-order valence-electron chi connectivity index (χ3n) is 4.86. The van der Waals surface area contributed by atoms with Crippen LogP contribution in [0.5, 0.6) is 17.2 Å². The number of ether oxygens (including phenoxy) is 3. The van der Waals surface area contributed by atoms with Gasteiger partial charge >= 0.3 is 0 Å². The summed E-state index contributed by atoms with van der Waals surface area (Å²) in [6.07, 6.45) is 0. The summed E-state index contributed by atoms with van der Waals surface area (Å²) in [4.78, 5) is 12.7. The molecule has 0 radical (unpaired) electrons. The van der Waals surface area contributed by atoms with E-state index in [1.54, 1.807) is 25.3 Å². The molecule has 5 nitrogen and oxygen atoms in total. The lowest BCUT2D eigenvalue weighted by atomic mass is 9.93. The number of nitrogens with one attached hydrogen (secondary N) is 1. The van der Waals surface area contributed by atoms with Crippen LogP contribution >= 0.6 is 0 Å². The maximum atomic E-state index is 12.7. The summed E-state index contributed by atoms with van der Waals surface area (Å²) in [6, 6.07) is 9.32. The van der Waals surface area contributed by atoms with E-state index >= 15 is 0 Å². The van der Waals surface area contributed by atoms with Crippen LogP contribution in [0.1, 0.15) is 59.8 Å². The number of methoxy groups -OCH3 is 1. The average molecular weight is 369 g/mol. The summed E-state index contributed by atoms with van der Waals surface area (Å²) >= 11 is 0. The van der Waals surface area contributed by atoms with Crippen LogP contribution < -0.4 is 19.5 Å². The molecule has 1 amide bonds. The van der Waals surface area contributed by atoms with Gasteiger partial charge in [0, 0.05) is 5.56 Å². The van der Waals surface area contributed by atoms with Gasteiger partial charge in [0.05, 0.1) is 13.2 Å². The molecule has 1 N–H and O–H groups in total. The van der Waals surface area contributed by atoms with E-state index in [-0.39, 0.29) is 11.9 Å². The molecule has 0 spiro atoms. The first-order chi connectivity index (χ1) is 12.9. The SMILES string of the molecule is COc1cc(C)c(C(C)NC(=O)c2ccc3c(c2)OCCO3)cc1C(C)C. The molecule has 0 saturated carbocycles. The molecule has 27 heavy (non-hydrogen) atoms. The van der Waals surface area contributed by atoms with E-state index in [9.17, 15) is 4.79 Å². The van der Waals surface area contributed by atoms with E-state index in [1.807, 2.05) is 19.9 Å². The lowest BCUT2D eigenvalue weighted by Gasteiger charge is -2.22. The summed E-state index contributed by atoms with van der Waals surface area (Å²) in [5.41, 5.74) is 3.87. The fourth-order valence-corrected chi connectivity index (χ4v) is 3.35. The van der Waals surface area contributed by atoms with Gasteiger partial charge in [0.25, 0.3) is 5.91 Å². The van der Waals surface area contributed by atoms with Gasteiger partial charge < -0.3 is 19.5 Å². The number of hydrogen-bond donors (Lipinski definition) is 1. The molecule has 0 aliphatic carbocycles. The lowest BCUT2D eigenvalue weighted by molar-refractivity contribution is 0.0938. The first-order valence-electron chi connectivity index (χ1n) is 9.29. The monoisotopic (exact) mass is 369 g/mol. The fraction of sp³-hybridized carbons (Fsp3) is 0.409. The molecule has 0 saturated heterocycles. The van der Waals surface area contributed by atoms with Crippen molar-refractivity contribution in [1.82, 2.24) is 5.32 Å². The van der Waals surface area contributed by atoms with E-state index < -0.39 is 0 Å². The second-order valence-electron chi connectivity index (χ2n) is 7.16. The van der Waals surface area contributed by atoms with Crippen molar-refractivity contribution in [2.24, 2.45) is 0 Å². The zero-order chi connectivity index (χ0) is 19.6. The number of aryl methyl sites for hydroxylation is 1. The molecule has 2 aromatic carbocycles. The van der Waals surface area contributed by atoms with Gasteiger partial charge in [0.15, 0.2) is 11.5 Å². The number of rotatable bonds is 5. The molecule has 1 unspecified atom stereocenters. The van der Waals surface area contributed by atoms with Gasteiger partial charge in [-0.2, -0.15) is 0 Å². The van der Waals surface area contributed by atoms with Gasteiger partial charge in [-0.3, -0.25) is 4.79 Å². The minimum atomic E-state index is -0.138. The number of fused-ring (bicyclic) bond motifs is 1. The Hall–Kier alpha value is -2.69. The maximum absolute atomic E-state index is 12.7. The Morgan fingerprint density at radius 2 is 1.74 bits per heavy atom. The molecule has 5 heteroatoms. The molecule has 0 aromatic heterocycles. The highest BCUT2D eigenvalue weighted by molar-refractivity contribution is 5.95. The van der Waals surface area contributed by atoms with Crippen LogP contribution in [0.3, 0.4) is 0 Å². The van der Waals surface area contributed by atoms with Crippen molar-refractivity contribution in [3.8, 4) is 17.2 Å². The van der Waals surface area contributed by atoms with E-state index in [4.69, 9.17) is 14.2 Å². The first kappa shape index (κ1) is 19.1. The molecular formula is C22H27NO4. The van der Waals surface area contributed by atoms with Gasteiger partial charge in [-0.15, -0.1) is 0 Å². The van der Waals surface area contributed by atoms with Crippen LogP contribution in [0.25, 0.3) is 0 Å². The van der Waals surface area contributed by atoms with Crippen LogP contribution in [-0.4, -0.2) is 26.2 Å². The standard InChI is InChI=1S/C22H27NO4/c1-13(2)17-12-18(14(3)10-20(17)25-5)15(4)23-22(24)16-6-7-19-21(11-16)27-9-8-26-19/h6-7,10-13,15H,8-9H2,1-5H3,(H,23,24). The highest BCUT2D eigenvalue weighted by Gasteiger charge is 2.19. The maximum Gasteiger partial charge on any atom is 0.251 e. The highest BCUT2D eigenvalue weighted by atomic mass is 16.6. The van der Waals surface area contributed by atoms with E-state index in [0.29, 0.717) is 36.2 Å². The van der Waals surface area contributed by atoms with Crippen LogP contribution in [0.4, 0.5) is 0 Å². The third kappa shape index (κ3) is 4.02. The smallest absolute Gasteiger partial charge is 0.251 e. The number of amides is 1. The molecule has 0 fully saturated rings. The fourth-order valence-electron chi connectivity index (χ4n) is 3.35. The zero-order valence-electron chi connectivity index (χ0n) is 16.6. The predicted octanol–water partition coefficient (Wildman–Crippen LogP) is 4.39. The van der Waals surface area contributed by atoms with Gasteiger partial charge in [-0.1, -0.05) is 13.8 Å². The predicted molar refractivity (Wildman–Crippen MR) is 105 cm³/mol. The topological polar surface area (TPSA) is 56.8 Å². The summed E-state index contributed by atoms with van der Waals surface area (Å²) in [7, 11) is 1.69. The van der Waals surface area contributed by atoms with Gasteiger partial charge in [-0.05, 0) is 66.8 Å². The van der Waals surface area contributed by atoms with Crippen LogP contribution in [0.15, 0.2) is 30.3 Å². The van der Waals surface area contributed by atoms with Crippen molar-refractivity contribution in [2.45, 2.75) is 39.7 Å². The first-order valence-corrected chi connectivity index (χ1v) is 9.29. The quantitative estimate of drug-likeness (QED) is 0.849. The Labute approximate surface area is 160 Å². The molecule has 2 aromatic rings. The molecule has 1 heterocycles. The largest absolute Gasteiger partial charge is 0.496 e. The third-order valence-corrected chi connectivity index (χ3v) is 4.86. The Balaban J connectivity index is 1.81. The second kappa shape index (κ2) is 7.91. The van der Waals surface area contributed by atoms with E-state index in [2.05, 4.69) is 25.2 Å².